The van der Waals surface area contributed by atoms with Gasteiger partial charge in [0.15, 0.2) is 17.5 Å². The third-order valence-corrected chi connectivity index (χ3v) is 10.2. The van der Waals surface area contributed by atoms with Gasteiger partial charge in [-0.2, -0.15) is 0 Å². The molecule has 2 aromatic heterocycles. The largest absolute Gasteiger partial charge is 0.247 e. The highest BCUT2D eigenvalue weighted by Crippen LogP contribution is 2.33. The third-order valence-electron chi connectivity index (χ3n) is 10.2. The molecule has 0 bridgehead atoms. The van der Waals surface area contributed by atoms with E-state index >= 15 is 0 Å². The Hall–Kier alpha value is -7.30. The molecule has 10 rings (SSSR count). The molecule has 0 spiro atoms. The molecule has 0 radical (unpaired) electrons. The van der Waals surface area contributed by atoms with Crippen molar-refractivity contribution in [2.75, 3.05) is 0 Å². The van der Waals surface area contributed by atoms with Crippen molar-refractivity contribution in [2.45, 2.75) is 0 Å². The maximum Gasteiger partial charge on any atom is 0.164 e. The lowest BCUT2D eigenvalue weighted by molar-refractivity contribution is 1.07. The number of rotatable bonds is 6. The first-order valence-corrected chi connectivity index (χ1v) is 18.1. The Balaban J connectivity index is 1.03. The fourth-order valence-corrected chi connectivity index (χ4v) is 7.27. The maximum atomic E-state index is 5.21. The van der Waals surface area contributed by atoms with Gasteiger partial charge < -0.3 is 0 Å². The zero-order chi connectivity index (χ0) is 35.8. The number of hydrogen-bond acceptors (Lipinski definition) is 4. The normalized spacial score (nSPS) is 11.3. The van der Waals surface area contributed by atoms with Crippen LogP contribution in [0.15, 0.2) is 194 Å². The van der Waals surface area contributed by atoms with Crippen LogP contribution in [0, 0.1) is 0 Å². The van der Waals surface area contributed by atoms with E-state index in [1.54, 1.807) is 0 Å². The number of aromatic nitrogens is 4. The summed E-state index contributed by atoms with van der Waals surface area (Å²) < 4.78 is 0. The van der Waals surface area contributed by atoms with E-state index in [-0.39, 0.29) is 0 Å². The third kappa shape index (κ3) is 5.86. The van der Waals surface area contributed by atoms with Crippen LogP contribution in [0.1, 0.15) is 0 Å². The molecule has 0 aliphatic carbocycles. The van der Waals surface area contributed by atoms with Gasteiger partial charge in [0.25, 0.3) is 0 Å². The average molecular weight is 689 g/mol. The highest BCUT2D eigenvalue weighted by molar-refractivity contribution is 6.16. The molecule has 0 amide bonds. The number of pyridine rings is 1. The molecule has 0 fully saturated rings. The van der Waals surface area contributed by atoms with Crippen LogP contribution in [0.2, 0.25) is 0 Å². The van der Waals surface area contributed by atoms with E-state index in [2.05, 4.69) is 182 Å². The van der Waals surface area contributed by atoms with Crippen molar-refractivity contribution < 1.29 is 0 Å². The first kappa shape index (κ1) is 31.4. The Bertz CT molecular complexity index is 2840. The van der Waals surface area contributed by atoms with Gasteiger partial charge in [-0.25, -0.2) is 19.9 Å². The summed E-state index contributed by atoms with van der Waals surface area (Å²) in [6, 6.07) is 67.6. The van der Waals surface area contributed by atoms with Crippen molar-refractivity contribution in [3.05, 3.63) is 194 Å². The molecule has 0 saturated carbocycles. The fraction of sp³-hybridized carbons (Fsp3) is 0. The summed E-state index contributed by atoms with van der Waals surface area (Å²) in [5, 5.41) is 5.96. The minimum Gasteiger partial charge on any atom is -0.247 e. The smallest absolute Gasteiger partial charge is 0.164 e. The van der Waals surface area contributed by atoms with Crippen LogP contribution in [0.5, 0.6) is 0 Å². The van der Waals surface area contributed by atoms with Crippen molar-refractivity contribution in [1.82, 2.24) is 19.9 Å². The lowest BCUT2D eigenvalue weighted by atomic mass is 9.99. The van der Waals surface area contributed by atoms with Crippen LogP contribution in [-0.2, 0) is 0 Å². The molecule has 8 aromatic carbocycles. The zero-order valence-electron chi connectivity index (χ0n) is 29.3. The minimum atomic E-state index is 0.616. The van der Waals surface area contributed by atoms with Crippen molar-refractivity contribution in [1.29, 1.82) is 0 Å². The summed E-state index contributed by atoms with van der Waals surface area (Å²) in [4.78, 5) is 20.3. The summed E-state index contributed by atoms with van der Waals surface area (Å²) in [7, 11) is 0. The molecule has 0 saturated heterocycles. The molecule has 0 aliphatic rings. The van der Waals surface area contributed by atoms with Crippen LogP contribution >= 0.6 is 0 Å². The monoisotopic (exact) mass is 688 g/mol. The SMILES string of the molecule is c1ccc(-c2ccc(-c3nc(-c4ccc(-c5ccccc5)cc4)nc(-c4ccc(-c5ccc6ccc7c8ccccc8ccc7c6n5)cc4)n3)cc2)cc1. The van der Waals surface area contributed by atoms with E-state index < -0.39 is 0 Å². The second kappa shape index (κ2) is 13.4. The molecule has 54 heavy (non-hydrogen) atoms. The van der Waals surface area contributed by atoms with E-state index in [4.69, 9.17) is 19.9 Å². The van der Waals surface area contributed by atoms with Gasteiger partial charge in [-0.15, -0.1) is 0 Å². The van der Waals surface area contributed by atoms with E-state index in [0.717, 1.165) is 55.4 Å². The Morgan fingerprint density at radius 2 is 0.630 bits per heavy atom. The Morgan fingerprint density at radius 3 is 1.19 bits per heavy atom. The van der Waals surface area contributed by atoms with E-state index in [9.17, 15) is 0 Å². The number of hydrogen-bond donors (Lipinski definition) is 0. The molecular formula is C50H32N4. The van der Waals surface area contributed by atoms with Gasteiger partial charge in [0.1, 0.15) is 0 Å². The maximum absolute atomic E-state index is 5.21. The van der Waals surface area contributed by atoms with Gasteiger partial charge in [-0.3, -0.25) is 0 Å². The Morgan fingerprint density at radius 1 is 0.222 bits per heavy atom. The van der Waals surface area contributed by atoms with E-state index in [0.29, 0.717) is 17.5 Å². The summed E-state index contributed by atoms with van der Waals surface area (Å²) in [6.45, 7) is 0. The predicted octanol–water partition coefficient (Wildman–Crippen LogP) is 12.7. The second-order valence-corrected chi connectivity index (χ2v) is 13.5. The molecule has 0 unspecified atom stereocenters. The molecule has 0 atom stereocenters. The quantitative estimate of drug-likeness (QED) is 0.163. The van der Waals surface area contributed by atoms with Crippen molar-refractivity contribution >= 4 is 32.4 Å². The van der Waals surface area contributed by atoms with Gasteiger partial charge in [0, 0.05) is 33.0 Å². The molecule has 0 N–H and O–H groups in total. The second-order valence-electron chi connectivity index (χ2n) is 13.5. The van der Waals surface area contributed by atoms with Crippen LogP contribution in [-0.4, -0.2) is 19.9 Å². The van der Waals surface area contributed by atoms with Gasteiger partial charge in [0.05, 0.1) is 11.2 Å². The Kier molecular flexibility index (Phi) is 7.77. The van der Waals surface area contributed by atoms with E-state index in [1.165, 1.54) is 27.3 Å². The van der Waals surface area contributed by atoms with Crippen LogP contribution < -0.4 is 0 Å². The van der Waals surface area contributed by atoms with E-state index in [1.807, 2.05) is 12.1 Å². The predicted molar refractivity (Wildman–Crippen MR) is 223 cm³/mol. The van der Waals surface area contributed by atoms with Gasteiger partial charge >= 0.3 is 0 Å². The van der Waals surface area contributed by atoms with Gasteiger partial charge in [-0.05, 0) is 44.5 Å². The highest BCUT2D eigenvalue weighted by atomic mass is 15.0. The molecule has 252 valence electrons. The Labute approximate surface area is 313 Å². The van der Waals surface area contributed by atoms with Gasteiger partial charge in [0.2, 0.25) is 0 Å². The average Bonchev–Trinajstić information content (AvgIpc) is 3.26. The van der Waals surface area contributed by atoms with Crippen LogP contribution in [0.3, 0.4) is 0 Å². The van der Waals surface area contributed by atoms with Crippen molar-refractivity contribution in [3.8, 4) is 67.7 Å². The summed E-state index contributed by atoms with van der Waals surface area (Å²) in [5.41, 5.74) is 10.3. The minimum absolute atomic E-state index is 0.616. The van der Waals surface area contributed by atoms with Crippen molar-refractivity contribution in [3.63, 3.8) is 0 Å². The molecular weight excluding hydrogens is 657 g/mol. The molecule has 10 aromatic rings. The topological polar surface area (TPSA) is 51.6 Å². The number of nitrogens with zero attached hydrogens (tertiary/aromatic N) is 4. The first-order valence-electron chi connectivity index (χ1n) is 18.1. The standard InChI is InChI=1S/C50H32N4/c1-3-9-33(10-4-1)35-15-21-40(22-16-35)48-52-49(41-23-17-36(18-24-41)34-11-5-2-6-12-34)54-50(53-48)42-25-19-38(20-26-42)46-32-29-39-28-30-44-43-14-8-7-13-37(43)27-31-45(44)47(39)51-46/h1-32H. The molecule has 0 aliphatic heterocycles. The lowest BCUT2D eigenvalue weighted by Crippen LogP contribution is -2.00. The molecule has 4 nitrogen and oxygen atoms in total. The zero-order valence-corrected chi connectivity index (χ0v) is 29.3. The lowest BCUT2D eigenvalue weighted by Gasteiger charge is -2.11. The highest BCUT2D eigenvalue weighted by Gasteiger charge is 2.14. The van der Waals surface area contributed by atoms with Crippen LogP contribution in [0.25, 0.3) is 100 Å². The number of benzene rings is 8. The summed E-state index contributed by atoms with van der Waals surface area (Å²) in [5.74, 6) is 1.87. The summed E-state index contributed by atoms with van der Waals surface area (Å²) in [6.07, 6.45) is 0. The number of fused-ring (bicyclic) bond motifs is 5. The van der Waals surface area contributed by atoms with Gasteiger partial charge in [-0.1, -0.05) is 188 Å². The van der Waals surface area contributed by atoms with Crippen LogP contribution in [0.4, 0.5) is 0 Å². The molecule has 4 heteroatoms. The molecule has 2 heterocycles. The summed E-state index contributed by atoms with van der Waals surface area (Å²) >= 11 is 0. The van der Waals surface area contributed by atoms with Crippen molar-refractivity contribution in [2.24, 2.45) is 0 Å². The first-order chi connectivity index (χ1) is 26.7. The fourth-order valence-electron chi connectivity index (χ4n) is 7.27.